The zero-order valence-electron chi connectivity index (χ0n) is 30.7. The van der Waals surface area contributed by atoms with Gasteiger partial charge in [0.25, 0.3) is 0 Å². The SMILES string of the molecule is Cc1ccccc1-c1cc(-c2cc(Nc3ccccc3)ccc2-c2cccc3c2-c2ccccc2C3(c2ccccc2)c2ccccc2)cc2ccccc12. The average molecular weight is 702 g/mol. The minimum absolute atomic E-state index is 0.472. The molecule has 9 aromatic rings. The van der Waals surface area contributed by atoms with Crippen molar-refractivity contribution in [2.75, 3.05) is 5.32 Å². The summed E-state index contributed by atoms with van der Waals surface area (Å²) in [7, 11) is 0. The van der Waals surface area contributed by atoms with Crippen LogP contribution in [0.2, 0.25) is 0 Å². The van der Waals surface area contributed by atoms with Gasteiger partial charge >= 0.3 is 0 Å². The number of anilines is 2. The van der Waals surface area contributed by atoms with Crippen molar-refractivity contribution in [2.24, 2.45) is 0 Å². The molecule has 1 nitrogen and oxygen atoms in total. The molecule has 0 unspecified atom stereocenters. The van der Waals surface area contributed by atoms with E-state index in [0.717, 1.165) is 11.4 Å². The largest absolute Gasteiger partial charge is 0.356 e. The molecule has 1 aliphatic carbocycles. The van der Waals surface area contributed by atoms with Crippen molar-refractivity contribution in [3.8, 4) is 44.5 Å². The van der Waals surface area contributed by atoms with Crippen LogP contribution in [0, 0.1) is 6.92 Å². The Morgan fingerprint density at radius 3 is 1.71 bits per heavy atom. The first-order valence-electron chi connectivity index (χ1n) is 19.1. The van der Waals surface area contributed by atoms with Gasteiger partial charge in [0.1, 0.15) is 0 Å². The summed E-state index contributed by atoms with van der Waals surface area (Å²) in [6.07, 6.45) is 0. The zero-order valence-corrected chi connectivity index (χ0v) is 30.7. The zero-order chi connectivity index (χ0) is 36.8. The predicted molar refractivity (Wildman–Crippen MR) is 232 cm³/mol. The van der Waals surface area contributed by atoms with Crippen LogP contribution in [0.5, 0.6) is 0 Å². The number of aryl methyl sites for hydroxylation is 1. The molecule has 55 heavy (non-hydrogen) atoms. The van der Waals surface area contributed by atoms with Crippen LogP contribution in [0.4, 0.5) is 11.4 Å². The van der Waals surface area contributed by atoms with Crippen LogP contribution in [0.25, 0.3) is 55.3 Å². The minimum Gasteiger partial charge on any atom is -0.356 e. The van der Waals surface area contributed by atoms with Gasteiger partial charge in [0.2, 0.25) is 0 Å². The smallest absolute Gasteiger partial charge is 0.0713 e. The molecule has 9 aromatic carbocycles. The van der Waals surface area contributed by atoms with Gasteiger partial charge < -0.3 is 5.32 Å². The highest BCUT2D eigenvalue weighted by molar-refractivity contribution is 6.04. The van der Waals surface area contributed by atoms with Crippen molar-refractivity contribution in [3.05, 3.63) is 240 Å². The van der Waals surface area contributed by atoms with E-state index < -0.39 is 5.41 Å². The van der Waals surface area contributed by atoms with Crippen LogP contribution in [0.1, 0.15) is 27.8 Å². The third kappa shape index (κ3) is 5.39. The Balaban J connectivity index is 1.27. The second-order valence-electron chi connectivity index (χ2n) is 14.6. The summed E-state index contributed by atoms with van der Waals surface area (Å²) in [5.41, 5.74) is 17.9. The van der Waals surface area contributed by atoms with E-state index in [2.05, 4.69) is 225 Å². The highest BCUT2D eigenvalue weighted by Crippen LogP contribution is 2.58. The van der Waals surface area contributed by atoms with Crippen LogP contribution in [0.15, 0.2) is 212 Å². The molecule has 1 heteroatoms. The van der Waals surface area contributed by atoms with E-state index in [1.807, 2.05) is 0 Å². The van der Waals surface area contributed by atoms with E-state index in [9.17, 15) is 0 Å². The number of nitrogens with one attached hydrogen (secondary N) is 1. The molecule has 1 N–H and O–H groups in total. The van der Waals surface area contributed by atoms with E-state index in [0.29, 0.717) is 0 Å². The summed E-state index contributed by atoms with van der Waals surface area (Å²) in [4.78, 5) is 0. The third-order valence-electron chi connectivity index (χ3n) is 11.5. The van der Waals surface area contributed by atoms with Crippen molar-refractivity contribution in [1.29, 1.82) is 0 Å². The quantitative estimate of drug-likeness (QED) is 0.174. The molecule has 0 heterocycles. The minimum atomic E-state index is -0.472. The maximum Gasteiger partial charge on any atom is 0.0713 e. The summed E-state index contributed by atoms with van der Waals surface area (Å²) in [5.74, 6) is 0. The normalized spacial score (nSPS) is 12.6. The van der Waals surface area contributed by atoms with E-state index in [1.54, 1.807) is 0 Å². The fraction of sp³-hybridized carbons (Fsp3) is 0.0370. The van der Waals surface area contributed by atoms with Crippen LogP contribution in [-0.2, 0) is 5.41 Å². The molecule has 0 fully saturated rings. The molecule has 0 atom stereocenters. The molecule has 260 valence electrons. The molecule has 0 saturated carbocycles. The average Bonchev–Trinajstić information content (AvgIpc) is 3.56. The molecule has 0 bridgehead atoms. The third-order valence-corrected chi connectivity index (χ3v) is 11.5. The number of hydrogen-bond acceptors (Lipinski definition) is 1. The molecule has 0 aromatic heterocycles. The van der Waals surface area contributed by atoms with Crippen LogP contribution in [-0.4, -0.2) is 0 Å². The van der Waals surface area contributed by atoms with Gasteiger partial charge in [-0.3, -0.25) is 0 Å². The summed E-state index contributed by atoms with van der Waals surface area (Å²) in [5, 5.41) is 6.19. The van der Waals surface area contributed by atoms with E-state index in [4.69, 9.17) is 0 Å². The predicted octanol–water partition coefficient (Wildman–Crippen LogP) is 14.3. The molecular formula is C54H39N. The topological polar surface area (TPSA) is 12.0 Å². The molecule has 0 amide bonds. The molecule has 0 saturated heterocycles. The highest BCUT2D eigenvalue weighted by atomic mass is 14.9. The van der Waals surface area contributed by atoms with Gasteiger partial charge in [-0.05, 0) is 126 Å². The first kappa shape index (κ1) is 32.7. The number of benzene rings is 9. The van der Waals surface area contributed by atoms with Crippen molar-refractivity contribution >= 4 is 22.1 Å². The molecule has 0 radical (unpaired) electrons. The number of fused-ring (bicyclic) bond motifs is 4. The highest BCUT2D eigenvalue weighted by Gasteiger charge is 2.46. The monoisotopic (exact) mass is 701 g/mol. The van der Waals surface area contributed by atoms with Gasteiger partial charge in [-0.1, -0.05) is 176 Å². The maximum atomic E-state index is 3.71. The lowest BCUT2D eigenvalue weighted by Gasteiger charge is -2.34. The Morgan fingerprint density at radius 2 is 0.964 bits per heavy atom. The Hall–Kier alpha value is -6.96. The molecule has 0 spiro atoms. The molecular weight excluding hydrogens is 663 g/mol. The van der Waals surface area contributed by atoms with Crippen molar-refractivity contribution in [2.45, 2.75) is 12.3 Å². The van der Waals surface area contributed by atoms with Crippen LogP contribution in [0.3, 0.4) is 0 Å². The Bertz CT molecular complexity index is 2800. The molecule has 1 aliphatic rings. The van der Waals surface area contributed by atoms with E-state index in [-0.39, 0.29) is 0 Å². The lowest BCUT2D eigenvalue weighted by Crippen LogP contribution is -2.28. The number of rotatable bonds is 7. The van der Waals surface area contributed by atoms with Gasteiger partial charge in [-0.25, -0.2) is 0 Å². The lowest BCUT2D eigenvalue weighted by atomic mass is 9.67. The first-order chi connectivity index (χ1) is 27.2. The summed E-state index contributed by atoms with van der Waals surface area (Å²) in [6.45, 7) is 2.21. The van der Waals surface area contributed by atoms with Crippen LogP contribution >= 0.6 is 0 Å². The maximum absolute atomic E-state index is 3.71. The Labute approximate surface area is 323 Å². The van der Waals surface area contributed by atoms with Gasteiger partial charge in [-0.2, -0.15) is 0 Å². The van der Waals surface area contributed by atoms with Gasteiger partial charge in [0, 0.05) is 11.4 Å². The Kier molecular flexibility index (Phi) is 8.00. The molecule has 0 aliphatic heterocycles. The second-order valence-corrected chi connectivity index (χ2v) is 14.6. The van der Waals surface area contributed by atoms with Crippen molar-refractivity contribution in [3.63, 3.8) is 0 Å². The van der Waals surface area contributed by atoms with Gasteiger partial charge in [-0.15, -0.1) is 0 Å². The number of hydrogen-bond donors (Lipinski definition) is 1. The number of para-hydroxylation sites is 1. The fourth-order valence-corrected chi connectivity index (χ4v) is 9.07. The molecule has 10 rings (SSSR count). The van der Waals surface area contributed by atoms with Crippen molar-refractivity contribution in [1.82, 2.24) is 0 Å². The lowest BCUT2D eigenvalue weighted by molar-refractivity contribution is 0.768. The summed E-state index contributed by atoms with van der Waals surface area (Å²) < 4.78 is 0. The van der Waals surface area contributed by atoms with Crippen molar-refractivity contribution < 1.29 is 0 Å². The standard InChI is InChI=1S/C54H39N/c1-37-18-11-13-26-44(37)50-35-39(34-38-19-12-14-27-45(38)50)49-36-43(55-42-24-9-4-10-25-42)32-33-46(49)47-29-17-31-52-53(47)48-28-15-16-30-51(48)54(52,40-20-5-2-6-21-40)41-22-7-3-8-23-41/h2-36,55H,1H3. The van der Waals surface area contributed by atoms with E-state index in [1.165, 1.54) is 83.1 Å². The fourth-order valence-electron chi connectivity index (χ4n) is 9.07. The van der Waals surface area contributed by atoms with E-state index >= 15 is 0 Å². The summed E-state index contributed by atoms with van der Waals surface area (Å²) in [6, 6.07) is 77.8. The van der Waals surface area contributed by atoms with Gasteiger partial charge in [0.15, 0.2) is 0 Å². The van der Waals surface area contributed by atoms with Crippen LogP contribution < -0.4 is 5.32 Å². The first-order valence-corrected chi connectivity index (χ1v) is 19.1. The summed E-state index contributed by atoms with van der Waals surface area (Å²) >= 11 is 0. The Morgan fingerprint density at radius 1 is 0.364 bits per heavy atom. The second kappa shape index (κ2) is 13.5. The van der Waals surface area contributed by atoms with Gasteiger partial charge in [0.05, 0.1) is 5.41 Å².